The first kappa shape index (κ1) is 16.6. The minimum absolute atomic E-state index is 0. The van der Waals surface area contributed by atoms with Gasteiger partial charge in [-0.3, -0.25) is 0 Å². The number of nitrogens with zero attached hydrogens (tertiary/aromatic N) is 1. The average Bonchev–Trinajstić information content (AvgIpc) is 1.84. The molecule has 0 rings (SSSR count). The molecular formula is C6H10NO2Y. The number of hydrogen-bond acceptors (Lipinski definition) is 2. The van der Waals surface area contributed by atoms with Crippen molar-refractivity contribution in [2.75, 3.05) is 7.05 Å². The summed E-state index contributed by atoms with van der Waals surface area (Å²) in [6.45, 7) is 1.57. The van der Waals surface area contributed by atoms with Gasteiger partial charge in [-0.25, -0.2) is 0 Å². The summed E-state index contributed by atoms with van der Waals surface area (Å²) in [5.41, 5.74) is 0. The molecule has 0 heterocycles. The van der Waals surface area contributed by atoms with Crippen molar-refractivity contribution >= 4 is 12.3 Å². The first-order valence-electron chi connectivity index (χ1n) is 2.17. The Morgan fingerprint density at radius 3 is 2.10 bits per heavy atom. The van der Waals surface area contributed by atoms with E-state index in [1.165, 1.54) is 19.9 Å². The van der Waals surface area contributed by atoms with Crippen LogP contribution in [-0.4, -0.2) is 24.3 Å². The molecule has 0 radical (unpaired) electrons. The molecule has 0 aliphatic rings. The van der Waals surface area contributed by atoms with Crippen molar-refractivity contribution in [2.24, 2.45) is 0 Å². The van der Waals surface area contributed by atoms with Crippen molar-refractivity contribution in [3.63, 3.8) is 0 Å². The predicted molar refractivity (Wildman–Crippen MR) is 34.9 cm³/mol. The van der Waals surface area contributed by atoms with Crippen LogP contribution in [0.2, 0.25) is 0 Å². The van der Waals surface area contributed by atoms with Crippen molar-refractivity contribution in [3.05, 3.63) is 13.8 Å². The second kappa shape index (κ2) is 9.11. The predicted octanol–water partition coefficient (Wildman–Crippen LogP) is 0.184. The summed E-state index contributed by atoms with van der Waals surface area (Å²) >= 11 is 0. The summed E-state index contributed by atoms with van der Waals surface area (Å²) in [4.78, 5) is 20.9. The maximum absolute atomic E-state index is 10.4. The molecule has 0 unspecified atom stereocenters. The first-order valence-corrected chi connectivity index (χ1v) is 2.17. The number of hydrogen-bond donors (Lipinski definition) is 0. The molecule has 0 aliphatic heterocycles. The molecule has 0 aromatic heterocycles. The molecule has 0 bridgehead atoms. The Labute approximate surface area is 87.0 Å². The summed E-state index contributed by atoms with van der Waals surface area (Å²) in [6, 6.07) is 0. The molecule has 0 aromatic carbocycles. The molecule has 0 fully saturated rings. The van der Waals surface area contributed by atoms with E-state index in [4.69, 9.17) is 0 Å². The van der Waals surface area contributed by atoms with Crippen LogP contribution in [0.3, 0.4) is 0 Å². The van der Waals surface area contributed by atoms with E-state index in [1.54, 1.807) is 6.92 Å². The summed E-state index contributed by atoms with van der Waals surface area (Å²) in [5.74, 6) is -0.333. The molecule has 3 nitrogen and oxygen atoms in total. The Kier molecular flexibility index (Phi) is 15.1. The van der Waals surface area contributed by atoms with E-state index in [0.717, 1.165) is 4.90 Å². The number of carbonyl (C=O) groups excluding carboxylic acids is 2. The third-order valence-electron chi connectivity index (χ3n) is 0.714. The van der Waals surface area contributed by atoms with Crippen LogP contribution in [0.1, 0.15) is 6.92 Å². The fraction of sp³-hybridized carbons (Fsp3) is 0.333. The van der Waals surface area contributed by atoms with Gasteiger partial charge in [-0.2, -0.15) is 6.92 Å². The van der Waals surface area contributed by atoms with Crippen LogP contribution in [-0.2, 0) is 42.3 Å². The van der Waals surface area contributed by atoms with Gasteiger partial charge in [-0.05, 0) is 7.05 Å². The Bertz CT molecular complexity index is 106. The van der Waals surface area contributed by atoms with Crippen molar-refractivity contribution in [1.29, 1.82) is 0 Å². The topological polar surface area (TPSA) is 37.4 Å². The number of carbonyl (C=O) groups is 1. The molecule has 0 N–H and O–H groups in total. The van der Waals surface area contributed by atoms with Gasteiger partial charge >= 0.3 is 32.7 Å². The largest absolute Gasteiger partial charge is 3.00 e. The first-order chi connectivity index (χ1) is 3.72. The molecule has 0 spiro atoms. The van der Waals surface area contributed by atoms with Gasteiger partial charge in [0, 0.05) is 0 Å². The minimum Gasteiger partial charge on any atom is -0.476 e. The van der Waals surface area contributed by atoms with Crippen LogP contribution in [0.4, 0.5) is 0 Å². The molecule has 0 saturated carbocycles. The SMILES string of the molecule is C[CH-]C(=O)N(C)[C-]=O.[CH3-].[Y+3]. The fourth-order valence-corrected chi connectivity index (χ4v) is 0.239. The van der Waals surface area contributed by atoms with E-state index in [9.17, 15) is 9.59 Å². The number of amides is 2. The van der Waals surface area contributed by atoms with Crippen LogP contribution in [0.5, 0.6) is 0 Å². The van der Waals surface area contributed by atoms with Crippen LogP contribution >= 0.6 is 0 Å². The summed E-state index contributed by atoms with van der Waals surface area (Å²) in [7, 11) is 1.36. The molecule has 0 aliphatic carbocycles. The van der Waals surface area contributed by atoms with Crippen LogP contribution in [0.25, 0.3) is 0 Å². The van der Waals surface area contributed by atoms with Gasteiger partial charge in [0.05, 0.1) is 6.41 Å². The second-order valence-corrected chi connectivity index (χ2v) is 1.28. The normalized spacial score (nSPS) is 6.20. The van der Waals surface area contributed by atoms with Gasteiger partial charge < -0.3 is 28.3 Å². The van der Waals surface area contributed by atoms with E-state index < -0.39 is 0 Å². The van der Waals surface area contributed by atoms with Gasteiger partial charge in [-0.1, -0.05) is 5.91 Å². The van der Waals surface area contributed by atoms with Crippen molar-refractivity contribution in [3.8, 4) is 0 Å². The van der Waals surface area contributed by atoms with Gasteiger partial charge in [0.1, 0.15) is 0 Å². The zero-order chi connectivity index (χ0) is 6.57. The van der Waals surface area contributed by atoms with Crippen LogP contribution < -0.4 is 0 Å². The van der Waals surface area contributed by atoms with Crippen LogP contribution in [0, 0.1) is 13.8 Å². The second-order valence-electron chi connectivity index (χ2n) is 1.28. The molecule has 10 heavy (non-hydrogen) atoms. The Hall–Kier alpha value is 0.114. The van der Waals surface area contributed by atoms with Gasteiger partial charge in [0.25, 0.3) is 0 Å². The molecule has 54 valence electrons. The fourth-order valence-electron chi connectivity index (χ4n) is 0.239. The Morgan fingerprint density at radius 1 is 1.60 bits per heavy atom. The summed E-state index contributed by atoms with van der Waals surface area (Å²) in [6.07, 6.45) is 2.71. The standard InChI is InChI=1S/C5H7NO2.CH3.Y/c1-3-5(8)6(2)4-7;;/h3H,1-2H3;1H3;/q-2;-1;+3. The van der Waals surface area contributed by atoms with Crippen molar-refractivity contribution in [1.82, 2.24) is 4.90 Å². The maximum atomic E-state index is 10.4. The third-order valence-corrected chi connectivity index (χ3v) is 0.714. The summed E-state index contributed by atoms with van der Waals surface area (Å²) < 4.78 is 0. The maximum Gasteiger partial charge on any atom is 3.00 e. The molecule has 0 saturated heterocycles. The van der Waals surface area contributed by atoms with Crippen molar-refractivity contribution in [2.45, 2.75) is 6.92 Å². The van der Waals surface area contributed by atoms with Gasteiger partial charge in [0.15, 0.2) is 0 Å². The zero-order valence-corrected chi connectivity index (χ0v) is 9.26. The molecule has 0 atom stereocenters. The van der Waals surface area contributed by atoms with E-state index in [-0.39, 0.29) is 46.0 Å². The number of rotatable bonds is 2. The summed E-state index contributed by atoms with van der Waals surface area (Å²) in [5, 5.41) is 0. The quantitative estimate of drug-likeness (QED) is 0.489. The van der Waals surface area contributed by atoms with Crippen molar-refractivity contribution < 1.29 is 42.3 Å². The van der Waals surface area contributed by atoms with E-state index in [1.807, 2.05) is 0 Å². The third kappa shape index (κ3) is 6.24. The van der Waals surface area contributed by atoms with E-state index >= 15 is 0 Å². The molecular weight excluding hydrogens is 207 g/mol. The molecule has 4 heteroatoms. The van der Waals surface area contributed by atoms with Gasteiger partial charge in [0.2, 0.25) is 0 Å². The molecule has 2 amide bonds. The zero-order valence-electron chi connectivity index (χ0n) is 6.42. The monoisotopic (exact) mass is 217 g/mol. The molecule has 0 aromatic rings. The Balaban J connectivity index is -0.000000245. The number of imide groups is 1. The Morgan fingerprint density at radius 2 is 2.00 bits per heavy atom. The van der Waals surface area contributed by atoms with Crippen LogP contribution in [0.15, 0.2) is 0 Å². The van der Waals surface area contributed by atoms with E-state index in [2.05, 4.69) is 0 Å². The van der Waals surface area contributed by atoms with Gasteiger partial charge in [-0.15, -0.1) is 0 Å². The average molecular weight is 217 g/mol. The minimum atomic E-state index is -0.333. The van der Waals surface area contributed by atoms with E-state index in [0.29, 0.717) is 0 Å². The smallest absolute Gasteiger partial charge is 0.476 e.